The second-order valence-corrected chi connectivity index (χ2v) is 7.19. The van der Waals surface area contributed by atoms with Crippen molar-refractivity contribution in [3.63, 3.8) is 0 Å². The molecule has 1 atom stereocenters. The van der Waals surface area contributed by atoms with Crippen molar-refractivity contribution in [3.05, 3.63) is 64.2 Å². The number of esters is 1. The van der Waals surface area contributed by atoms with Crippen molar-refractivity contribution in [2.24, 2.45) is 0 Å². The summed E-state index contributed by atoms with van der Waals surface area (Å²) in [6.45, 7) is 0. The van der Waals surface area contributed by atoms with Gasteiger partial charge in [-0.3, -0.25) is 9.59 Å². The van der Waals surface area contributed by atoms with Gasteiger partial charge in [0, 0.05) is 17.2 Å². The Hall–Kier alpha value is -4.60. The van der Waals surface area contributed by atoms with Gasteiger partial charge < -0.3 is 39.1 Å². The average Bonchev–Trinajstić information content (AvgIpc) is 3.31. The third-order valence-electron chi connectivity index (χ3n) is 5.21. The van der Waals surface area contributed by atoms with Gasteiger partial charge in [-0.05, 0) is 30.3 Å². The van der Waals surface area contributed by atoms with E-state index in [1.165, 1.54) is 19.4 Å². The average molecular weight is 454 g/mol. The molecule has 2 aromatic heterocycles. The Balaban J connectivity index is 2.08. The van der Waals surface area contributed by atoms with E-state index in [0.29, 0.717) is 0 Å². The standard InChI is InChI=1S/C23H18O10/c1-31-17(28)8-11(16-3-2-6-32-16)18-14(26)9-15(27)19-20(29)21(30)22(33-23(18)19)10-4-5-12(24)13(25)7-10/h2-7,9,11,24-27,30H,8H2,1H3. The number of fused-ring (bicyclic) bond motifs is 1. The lowest BCUT2D eigenvalue weighted by Gasteiger charge is -2.18. The molecule has 4 rings (SSSR count). The van der Waals surface area contributed by atoms with E-state index >= 15 is 0 Å². The summed E-state index contributed by atoms with van der Waals surface area (Å²) in [6.07, 6.45) is 1.04. The molecule has 0 saturated heterocycles. The number of phenolic OH excluding ortho intramolecular Hbond substituents is 4. The van der Waals surface area contributed by atoms with Crippen LogP contribution < -0.4 is 5.43 Å². The van der Waals surface area contributed by atoms with Crippen LogP contribution in [0.1, 0.15) is 23.7 Å². The zero-order valence-electron chi connectivity index (χ0n) is 17.1. The number of methoxy groups -OCH3 is 1. The molecule has 0 aliphatic rings. The molecular weight excluding hydrogens is 436 g/mol. The van der Waals surface area contributed by atoms with E-state index in [1.54, 1.807) is 12.1 Å². The fourth-order valence-corrected chi connectivity index (χ4v) is 3.63. The van der Waals surface area contributed by atoms with Gasteiger partial charge in [-0.25, -0.2) is 0 Å². The van der Waals surface area contributed by atoms with Gasteiger partial charge in [0.05, 0.1) is 25.7 Å². The maximum absolute atomic E-state index is 13.0. The molecule has 0 aliphatic carbocycles. The zero-order valence-corrected chi connectivity index (χ0v) is 17.1. The van der Waals surface area contributed by atoms with Gasteiger partial charge in [-0.2, -0.15) is 0 Å². The normalized spacial score (nSPS) is 12.0. The van der Waals surface area contributed by atoms with Crippen LogP contribution in [0.3, 0.4) is 0 Å². The van der Waals surface area contributed by atoms with E-state index in [4.69, 9.17) is 13.6 Å². The molecule has 5 N–H and O–H groups in total. The number of benzene rings is 2. The van der Waals surface area contributed by atoms with Crippen molar-refractivity contribution in [1.29, 1.82) is 0 Å². The number of ether oxygens (including phenoxy) is 1. The second kappa shape index (κ2) is 8.15. The monoisotopic (exact) mass is 454 g/mol. The van der Waals surface area contributed by atoms with Crippen LogP contribution in [-0.4, -0.2) is 38.6 Å². The van der Waals surface area contributed by atoms with E-state index in [1.807, 2.05) is 0 Å². The summed E-state index contributed by atoms with van der Waals surface area (Å²) in [7, 11) is 1.18. The number of furan rings is 1. The Morgan fingerprint density at radius 2 is 1.76 bits per heavy atom. The third-order valence-corrected chi connectivity index (χ3v) is 5.21. The molecule has 10 heteroatoms. The minimum Gasteiger partial charge on any atom is -0.507 e. The van der Waals surface area contributed by atoms with Gasteiger partial charge in [0.1, 0.15) is 28.2 Å². The largest absolute Gasteiger partial charge is 0.507 e. The Kier molecular flexibility index (Phi) is 5.34. The lowest BCUT2D eigenvalue weighted by atomic mass is 9.90. The highest BCUT2D eigenvalue weighted by Gasteiger charge is 2.31. The van der Waals surface area contributed by atoms with Crippen molar-refractivity contribution >= 4 is 16.9 Å². The van der Waals surface area contributed by atoms with Crippen molar-refractivity contribution in [2.75, 3.05) is 7.11 Å². The van der Waals surface area contributed by atoms with Gasteiger partial charge >= 0.3 is 5.97 Å². The zero-order chi connectivity index (χ0) is 23.9. The highest BCUT2D eigenvalue weighted by atomic mass is 16.5. The Labute approximate surface area is 185 Å². The number of rotatable bonds is 5. The quantitative estimate of drug-likeness (QED) is 0.223. The SMILES string of the molecule is COC(=O)CC(c1ccco1)c1c(O)cc(O)c2c(=O)c(O)c(-c3ccc(O)c(O)c3)oc12. The fraction of sp³-hybridized carbons (Fsp3) is 0.130. The molecule has 0 saturated carbocycles. The molecule has 170 valence electrons. The van der Waals surface area contributed by atoms with E-state index in [2.05, 4.69) is 0 Å². The topological polar surface area (TPSA) is 171 Å². The van der Waals surface area contributed by atoms with Crippen LogP contribution in [-0.2, 0) is 9.53 Å². The van der Waals surface area contributed by atoms with Crippen LogP contribution in [0.4, 0.5) is 0 Å². The molecule has 0 amide bonds. The molecule has 0 fully saturated rings. The van der Waals surface area contributed by atoms with Crippen LogP contribution >= 0.6 is 0 Å². The minimum atomic E-state index is -1.02. The molecule has 2 heterocycles. The first-order valence-corrected chi connectivity index (χ1v) is 9.60. The molecule has 0 aliphatic heterocycles. The Morgan fingerprint density at radius 3 is 2.39 bits per heavy atom. The first-order valence-electron chi connectivity index (χ1n) is 9.60. The maximum Gasteiger partial charge on any atom is 0.306 e. The highest BCUT2D eigenvalue weighted by Crippen LogP contribution is 2.45. The molecule has 0 bridgehead atoms. The third kappa shape index (κ3) is 3.67. The number of hydrogen-bond acceptors (Lipinski definition) is 10. The predicted octanol–water partition coefficient (Wildman–Crippen LogP) is 3.28. The summed E-state index contributed by atoms with van der Waals surface area (Å²) >= 11 is 0. The van der Waals surface area contributed by atoms with E-state index < -0.39 is 57.2 Å². The smallest absolute Gasteiger partial charge is 0.306 e. The molecule has 10 nitrogen and oxygen atoms in total. The summed E-state index contributed by atoms with van der Waals surface area (Å²) in [4.78, 5) is 25.1. The fourth-order valence-electron chi connectivity index (χ4n) is 3.63. The van der Waals surface area contributed by atoms with Crippen molar-refractivity contribution in [2.45, 2.75) is 12.3 Å². The van der Waals surface area contributed by atoms with Gasteiger partial charge in [0.15, 0.2) is 17.3 Å². The summed E-state index contributed by atoms with van der Waals surface area (Å²) in [5, 5.41) is 50.5. The summed E-state index contributed by atoms with van der Waals surface area (Å²) < 4.78 is 15.9. The predicted molar refractivity (Wildman–Crippen MR) is 113 cm³/mol. The molecule has 0 spiro atoms. The number of aromatic hydroxyl groups is 5. The van der Waals surface area contributed by atoms with Crippen LogP contribution in [0.2, 0.25) is 0 Å². The van der Waals surface area contributed by atoms with E-state index in [9.17, 15) is 35.1 Å². The first kappa shape index (κ1) is 21.6. The lowest BCUT2D eigenvalue weighted by Crippen LogP contribution is -2.12. The van der Waals surface area contributed by atoms with Gasteiger partial charge in [-0.1, -0.05) is 0 Å². The number of hydrogen-bond donors (Lipinski definition) is 5. The first-order chi connectivity index (χ1) is 15.7. The van der Waals surface area contributed by atoms with Crippen LogP contribution in [0, 0.1) is 0 Å². The van der Waals surface area contributed by atoms with Crippen LogP contribution in [0.15, 0.2) is 56.3 Å². The van der Waals surface area contributed by atoms with Gasteiger partial charge in [0.25, 0.3) is 0 Å². The molecular formula is C23H18O10. The van der Waals surface area contributed by atoms with Crippen molar-refractivity contribution in [1.82, 2.24) is 0 Å². The molecule has 0 radical (unpaired) electrons. The highest BCUT2D eigenvalue weighted by molar-refractivity contribution is 5.92. The van der Waals surface area contributed by atoms with Crippen LogP contribution in [0.5, 0.6) is 28.7 Å². The summed E-state index contributed by atoms with van der Waals surface area (Å²) in [5.41, 5.74) is -1.38. The Bertz CT molecular complexity index is 1420. The minimum absolute atomic E-state index is 0.0260. The van der Waals surface area contributed by atoms with E-state index in [0.717, 1.165) is 18.2 Å². The Morgan fingerprint density at radius 1 is 1.00 bits per heavy atom. The van der Waals surface area contributed by atoms with Crippen LogP contribution in [0.25, 0.3) is 22.3 Å². The number of carbonyl (C=O) groups excluding carboxylic acids is 1. The number of phenols is 4. The molecule has 2 aromatic carbocycles. The van der Waals surface area contributed by atoms with E-state index in [-0.39, 0.29) is 28.9 Å². The summed E-state index contributed by atoms with van der Waals surface area (Å²) in [5.74, 6) is -4.80. The van der Waals surface area contributed by atoms with Gasteiger partial charge in [0.2, 0.25) is 11.2 Å². The van der Waals surface area contributed by atoms with Crippen molar-refractivity contribution < 1.29 is 43.9 Å². The molecule has 4 aromatic rings. The molecule has 33 heavy (non-hydrogen) atoms. The number of carbonyl (C=O) groups is 1. The van der Waals surface area contributed by atoms with Gasteiger partial charge in [-0.15, -0.1) is 0 Å². The lowest BCUT2D eigenvalue weighted by molar-refractivity contribution is -0.140. The molecule has 1 unspecified atom stereocenters. The van der Waals surface area contributed by atoms with Crippen molar-refractivity contribution in [3.8, 4) is 40.1 Å². The summed E-state index contributed by atoms with van der Waals surface area (Å²) in [6, 6.07) is 7.46. The maximum atomic E-state index is 13.0. The second-order valence-electron chi connectivity index (χ2n) is 7.19.